The number of aromatic amines is 1. The average molecular weight is 240 g/mol. The van der Waals surface area contributed by atoms with E-state index >= 15 is 0 Å². The van der Waals surface area contributed by atoms with E-state index < -0.39 is 5.97 Å². The van der Waals surface area contributed by atoms with Gasteiger partial charge in [0.2, 0.25) is 0 Å². The number of ether oxygens (including phenoxy) is 1. The van der Waals surface area contributed by atoms with Crippen molar-refractivity contribution in [1.29, 1.82) is 0 Å². The fraction of sp³-hybridized carbons (Fsp3) is 0.727. The van der Waals surface area contributed by atoms with E-state index in [0.29, 0.717) is 19.1 Å². The Hall–Kier alpha value is -1.43. The molecule has 3 N–H and O–H groups in total. The maximum atomic E-state index is 11.3. The van der Waals surface area contributed by atoms with Crippen LogP contribution < -0.4 is 5.73 Å². The molecule has 0 aromatic carbocycles. The Balaban J connectivity index is 2.43. The Morgan fingerprint density at radius 3 is 2.94 bits per heavy atom. The van der Waals surface area contributed by atoms with E-state index in [0.717, 1.165) is 25.1 Å². The molecule has 6 heteroatoms. The van der Waals surface area contributed by atoms with Crippen LogP contribution in [0.5, 0.6) is 0 Å². The normalized spacial score (nSPS) is 12.4. The molecule has 17 heavy (non-hydrogen) atoms. The summed E-state index contributed by atoms with van der Waals surface area (Å²) in [6, 6.07) is 0. The van der Waals surface area contributed by atoms with E-state index in [1.54, 1.807) is 6.92 Å². The predicted molar refractivity (Wildman–Crippen MR) is 63.5 cm³/mol. The fourth-order valence-corrected chi connectivity index (χ4v) is 1.51. The van der Waals surface area contributed by atoms with Crippen molar-refractivity contribution in [2.45, 2.75) is 33.1 Å². The van der Waals surface area contributed by atoms with Gasteiger partial charge in [0.05, 0.1) is 6.61 Å². The van der Waals surface area contributed by atoms with Crippen LogP contribution in [0.1, 0.15) is 43.1 Å². The number of nitrogens with one attached hydrogen (secondary N) is 1. The topological polar surface area (TPSA) is 93.9 Å². The number of aromatic nitrogens is 3. The summed E-state index contributed by atoms with van der Waals surface area (Å²) >= 11 is 0. The molecule has 1 rings (SSSR count). The molecule has 0 aliphatic heterocycles. The molecule has 0 radical (unpaired) electrons. The molecule has 0 bridgehead atoms. The lowest BCUT2D eigenvalue weighted by molar-refractivity contribution is 0.0512. The highest BCUT2D eigenvalue weighted by atomic mass is 16.5. The Morgan fingerprint density at radius 2 is 2.29 bits per heavy atom. The van der Waals surface area contributed by atoms with Gasteiger partial charge in [-0.15, -0.1) is 5.10 Å². The van der Waals surface area contributed by atoms with Crippen LogP contribution in [0.15, 0.2) is 0 Å². The highest BCUT2D eigenvalue weighted by molar-refractivity contribution is 5.84. The number of aryl methyl sites for hydroxylation is 1. The first-order valence-corrected chi connectivity index (χ1v) is 5.95. The molecule has 6 nitrogen and oxygen atoms in total. The van der Waals surface area contributed by atoms with E-state index in [4.69, 9.17) is 10.5 Å². The Morgan fingerprint density at radius 1 is 1.53 bits per heavy atom. The minimum Gasteiger partial charge on any atom is -0.460 e. The highest BCUT2D eigenvalue weighted by Crippen LogP contribution is 2.09. The lowest BCUT2D eigenvalue weighted by Gasteiger charge is -2.07. The fourth-order valence-electron chi connectivity index (χ4n) is 1.51. The summed E-state index contributed by atoms with van der Waals surface area (Å²) in [5.74, 6) is 0.895. The van der Waals surface area contributed by atoms with Gasteiger partial charge in [-0.2, -0.15) is 0 Å². The van der Waals surface area contributed by atoms with Crippen molar-refractivity contribution in [3.8, 4) is 0 Å². The first kappa shape index (κ1) is 13.6. The van der Waals surface area contributed by atoms with Crippen LogP contribution in [-0.2, 0) is 11.2 Å². The van der Waals surface area contributed by atoms with Crippen LogP contribution in [0.3, 0.4) is 0 Å². The van der Waals surface area contributed by atoms with Gasteiger partial charge in [0.25, 0.3) is 5.82 Å². The summed E-state index contributed by atoms with van der Waals surface area (Å²) in [5, 5.41) is 6.57. The van der Waals surface area contributed by atoms with Crippen molar-refractivity contribution >= 4 is 5.97 Å². The number of hydrogen-bond donors (Lipinski definition) is 2. The second-order valence-corrected chi connectivity index (χ2v) is 4.05. The van der Waals surface area contributed by atoms with Gasteiger partial charge in [0, 0.05) is 6.42 Å². The van der Waals surface area contributed by atoms with Crippen molar-refractivity contribution in [3.05, 3.63) is 11.6 Å². The van der Waals surface area contributed by atoms with Crippen LogP contribution in [0.4, 0.5) is 0 Å². The van der Waals surface area contributed by atoms with Crippen molar-refractivity contribution in [2.24, 2.45) is 11.7 Å². The predicted octanol–water partition coefficient (Wildman–Crippen LogP) is 0.899. The molecule has 1 atom stereocenters. The van der Waals surface area contributed by atoms with Gasteiger partial charge in [-0.25, -0.2) is 9.78 Å². The van der Waals surface area contributed by atoms with Gasteiger partial charge < -0.3 is 10.5 Å². The summed E-state index contributed by atoms with van der Waals surface area (Å²) in [4.78, 5) is 15.4. The number of esters is 1. The van der Waals surface area contributed by atoms with Gasteiger partial charge in [-0.3, -0.25) is 5.10 Å². The van der Waals surface area contributed by atoms with Crippen molar-refractivity contribution in [2.75, 3.05) is 13.2 Å². The summed E-state index contributed by atoms with van der Waals surface area (Å²) in [6.07, 6.45) is 2.75. The molecule has 1 aromatic rings. The minimum atomic E-state index is -0.481. The molecule has 0 spiro atoms. The first-order chi connectivity index (χ1) is 8.17. The Bertz CT molecular complexity index is 351. The lowest BCUT2D eigenvalue weighted by atomic mass is 10.0. The largest absolute Gasteiger partial charge is 0.460 e. The Labute approximate surface area is 101 Å². The Kier molecular flexibility index (Phi) is 5.62. The number of H-pyrrole nitrogens is 1. The average Bonchev–Trinajstić information content (AvgIpc) is 2.76. The minimum absolute atomic E-state index is 0.105. The van der Waals surface area contributed by atoms with E-state index in [-0.39, 0.29) is 5.82 Å². The zero-order chi connectivity index (χ0) is 12.7. The molecule has 0 saturated heterocycles. The van der Waals surface area contributed by atoms with Crippen molar-refractivity contribution in [3.63, 3.8) is 0 Å². The molecule has 1 heterocycles. The molecule has 0 aliphatic carbocycles. The molecule has 0 fully saturated rings. The molecular weight excluding hydrogens is 220 g/mol. The lowest BCUT2D eigenvalue weighted by Crippen LogP contribution is -2.08. The van der Waals surface area contributed by atoms with Crippen LogP contribution in [0, 0.1) is 5.92 Å². The van der Waals surface area contributed by atoms with E-state index in [2.05, 4.69) is 22.1 Å². The summed E-state index contributed by atoms with van der Waals surface area (Å²) in [5.41, 5.74) is 5.48. The van der Waals surface area contributed by atoms with Crippen LogP contribution >= 0.6 is 0 Å². The summed E-state index contributed by atoms with van der Waals surface area (Å²) in [7, 11) is 0. The van der Waals surface area contributed by atoms with Crippen LogP contribution in [0.25, 0.3) is 0 Å². The van der Waals surface area contributed by atoms with Gasteiger partial charge >= 0.3 is 5.97 Å². The van der Waals surface area contributed by atoms with Crippen LogP contribution in [-0.4, -0.2) is 34.3 Å². The molecule has 96 valence electrons. The van der Waals surface area contributed by atoms with Gasteiger partial charge in [-0.1, -0.05) is 6.92 Å². The van der Waals surface area contributed by atoms with Gasteiger partial charge in [0.1, 0.15) is 5.82 Å². The first-order valence-electron chi connectivity index (χ1n) is 5.95. The zero-order valence-corrected chi connectivity index (χ0v) is 10.4. The molecule has 0 aliphatic rings. The quantitative estimate of drug-likeness (QED) is 0.690. The SMILES string of the molecule is CCOC(=O)c1n[nH]c(CCC(C)CCN)n1. The monoisotopic (exact) mass is 240 g/mol. The van der Waals surface area contributed by atoms with Gasteiger partial charge in [-0.05, 0) is 32.2 Å². The number of nitrogens with zero attached hydrogens (tertiary/aromatic N) is 2. The summed E-state index contributed by atoms with van der Waals surface area (Å²) in [6.45, 7) is 4.93. The third-order valence-electron chi connectivity index (χ3n) is 2.52. The maximum Gasteiger partial charge on any atom is 0.378 e. The smallest absolute Gasteiger partial charge is 0.378 e. The number of rotatable bonds is 7. The van der Waals surface area contributed by atoms with E-state index in [1.165, 1.54) is 0 Å². The van der Waals surface area contributed by atoms with Crippen molar-refractivity contribution in [1.82, 2.24) is 15.2 Å². The maximum absolute atomic E-state index is 11.3. The second kappa shape index (κ2) is 7.01. The molecular formula is C11H20N4O2. The third-order valence-corrected chi connectivity index (χ3v) is 2.52. The zero-order valence-electron chi connectivity index (χ0n) is 10.4. The third kappa shape index (κ3) is 4.52. The number of nitrogens with two attached hydrogens (primary N) is 1. The number of carbonyl (C=O) groups excluding carboxylic acids is 1. The molecule has 1 aromatic heterocycles. The second-order valence-electron chi connectivity index (χ2n) is 4.05. The highest BCUT2D eigenvalue weighted by Gasteiger charge is 2.13. The molecule has 0 amide bonds. The van der Waals surface area contributed by atoms with Crippen molar-refractivity contribution < 1.29 is 9.53 Å². The van der Waals surface area contributed by atoms with E-state index in [1.807, 2.05) is 0 Å². The number of hydrogen-bond acceptors (Lipinski definition) is 5. The standard InChI is InChI=1S/C11H20N4O2/c1-3-17-11(16)10-13-9(14-15-10)5-4-8(2)6-7-12/h8H,3-7,12H2,1-2H3,(H,13,14,15). The molecule has 0 saturated carbocycles. The van der Waals surface area contributed by atoms with Gasteiger partial charge in [0.15, 0.2) is 0 Å². The molecule has 1 unspecified atom stereocenters. The van der Waals surface area contributed by atoms with Crippen LogP contribution in [0.2, 0.25) is 0 Å². The number of carbonyl (C=O) groups is 1. The summed E-state index contributed by atoms with van der Waals surface area (Å²) < 4.78 is 4.80. The van der Waals surface area contributed by atoms with E-state index in [9.17, 15) is 4.79 Å².